The first-order chi connectivity index (χ1) is 13.4. The molecule has 0 saturated carbocycles. The fourth-order valence-corrected chi connectivity index (χ4v) is 4.45. The number of sulfonamides is 1. The van der Waals surface area contributed by atoms with Crippen molar-refractivity contribution in [2.45, 2.75) is 24.7 Å². The van der Waals surface area contributed by atoms with Crippen molar-refractivity contribution >= 4 is 15.9 Å². The van der Waals surface area contributed by atoms with E-state index in [0.717, 1.165) is 18.4 Å². The molecule has 150 valence electrons. The zero-order valence-corrected chi connectivity index (χ0v) is 16.8. The molecule has 1 heterocycles. The van der Waals surface area contributed by atoms with Crippen molar-refractivity contribution in [2.24, 2.45) is 5.92 Å². The van der Waals surface area contributed by atoms with E-state index >= 15 is 0 Å². The summed E-state index contributed by atoms with van der Waals surface area (Å²) < 4.78 is 33.1. The Kier molecular flexibility index (Phi) is 6.70. The van der Waals surface area contributed by atoms with E-state index in [-0.39, 0.29) is 23.3 Å². The summed E-state index contributed by atoms with van der Waals surface area (Å²) in [5, 5.41) is 0. The Balaban J connectivity index is 1.43. The number of benzene rings is 2. The van der Waals surface area contributed by atoms with E-state index in [4.69, 9.17) is 4.74 Å². The lowest BCUT2D eigenvalue weighted by molar-refractivity contribution is -0.134. The number of likely N-dealkylation sites (tertiary alicyclic amines) is 1. The quantitative estimate of drug-likeness (QED) is 0.772. The van der Waals surface area contributed by atoms with Gasteiger partial charge in [-0.25, -0.2) is 13.1 Å². The molecule has 0 aliphatic carbocycles. The maximum absolute atomic E-state index is 12.4. The van der Waals surface area contributed by atoms with Crippen LogP contribution in [0, 0.1) is 12.8 Å². The van der Waals surface area contributed by atoms with Crippen LogP contribution in [0.25, 0.3) is 0 Å². The van der Waals surface area contributed by atoms with Crippen LogP contribution in [0.3, 0.4) is 0 Å². The van der Waals surface area contributed by atoms with Crippen LogP contribution in [-0.2, 0) is 14.8 Å². The highest BCUT2D eigenvalue weighted by molar-refractivity contribution is 7.89. The Hall–Kier alpha value is -2.38. The molecule has 0 atom stereocenters. The average Bonchev–Trinajstić information content (AvgIpc) is 2.72. The fourth-order valence-electron chi connectivity index (χ4n) is 3.23. The summed E-state index contributed by atoms with van der Waals surface area (Å²) in [5.74, 6) is 0.859. The number of carbonyl (C=O) groups is 1. The van der Waals surface area contributed by atoms with Gasteiger partial charge in [0.15, 0.2) is 6.61 Å². The minimum absolute atomic E-state index is 0.0225. The molecule has 1 N–H and O–H groups in total. The number of hydrogen-bond acceptors (Lipinski definition) is 4. The second kappa shape index (κ2) is 9.21. The van der Waals surface area contributed by atoms with E-state index in [0.29, 0.717) is 25.4 Å². The molecule has 7 heteroatoms. The molecular weight excluding hydrogens is 376 g/mol. The zero-order valence-electron chi connectivity index (χ0n) is 16.0. The molecule has 0 aromatic heterocycles. The summed E-state index contributed by atoms with van der Waals surface area (Å²) in [5.41, 5.74) is 0.910. The van der Waals surface area contributed by atoms with E-state index < -0.39 is 10.0 Å². The molecule has 2 aromatic carbocycles. The number of piperidine rings is 1. The van der Waals surface area contributed by atoms with Crippen LogP contribution < -0.4 is 9.46 Å². The maximum Gasteiger partial charge on any atom is 0.260 e. The predicted octanol–water partition coefficient (Wildman–Crippen LogP) is 2.59. The van der Waals surface area contributed by atoms with Crippen molar-refractivity contribution in [3.05, 3.63) is 60.2 Å². The monoisotopic (exact) mass is 402 g/mol. The van der Waals surface area contributed by atoms with Gasteiger partial charge in [0.05, 0.1) is 4.90 Å². The number of hydrogen-bond donors (Lipinski definition) is 1. The minimum atomic E-state index is -3.50. The first kappa shape index (κ1) is 20.4. The van der Waals surface area contributed by atoms with Crippen LogP contribution in [-0.4, -0.2) is 45.5 Å². The molecule has 1 fully saturated rings. The van der Waals surface area contributed by atoms with Crippen LogP contribution in [0.5, 0.6) is 5.75 Å². The van der Waals surface area contributed by atoms with Gasteiger partial charge in [-0.15, -0.1) is 0 Å². The predicted molar refractivity (Wildman–Crippen MR) is 108 cm³/mol. The van der Waals surface area contributed by atoms with Gasteiger partial charge in [0.2, 0.25) is 10.0 Å². The second-order valence-corrected chi connectivity index (χ2v) is 8.86. The molecule has 1 aliphatic rings. The highest BCUT2D eigenvalue weighted by Crippen LogP contribution is 2.18. The molecule has 3 rings (SSSR count). The Labute approximate surface area is 166 Å². The molecule has 1 amide bonds. The summed E-state index contributed by atoms with van der Waals surface area (Å²) in [6, 6.07) is 16.1. The summed E-state index contributed by atoms with van der Waals surface area (Å²) in [7, 11) is -3.50. The summed E-state index contributed by atoms with van der Waals surface area (Å²) in [4.78, 5) is 14.4. The number of ether oxygens (including phenoxy) is 1. The van der Waals surface area contributed by atoms with Crippen molar-refractivity contribution in [3.8, 4) is 5.75 Å². The number of nitrogens with zero attached hydrogens (tertiary/aromatic N) is 1. The molecule has 0 unspecified atom stereocenters. The number of amides is 1. The van der Waals surface area contributed by atoms with Crippen LogP contribution in [0.1, 0.15) is 18.4 Å². The first-order valence-corrected chi connectivity index (χ1v) is 10.9. The summed E-state index contributed by atoms with van der Waals surface area (Å²) >= 11 is 0. The Morgan fingerprint density at radius 3 is 2.50 bits per heavy atom. The van der Waals surface area contributed by atoms with Crippen LogP contribution in [0.15, 0.2) is 59.5 Å². The third kappa shape index (κ3) is 5.56. The summed E-state index contributed by atoms with van der Waals surface area (Å²) in [6.07, 6.45) is 1.54. The molecule has 0 spiro atoms. The van der Waals surface area contributed by atoms with Gasteiger partial charge >= 0.3 is 0 Å². The lowest BCUT2D eigenvalue weighted by Gasteiger charge is -2.32. The lowest BCUT2D eigenvalue weighted by atomic mass is 9.97. The van der Waals surface area contributed by atoms with E-state index in [2.05, 4.69) is 4.72 Å². The van der Waals surface area contributed by atoms with Gasteiger partial charge in [-0.1, -0.05) is 30.3 Å². The van der Waals surface area contributed by atoms with Crippen LogP contribution >= 0.6 is 0 Å². The molecule has 1 saturated heterocycles. The number of rotatable bonds is 7. The van der Waals surface area contributed by atoms with Gasteiger partial charge in [-0.05, 0) is 55.5 Å². The van der Waals surface area contributed by atoms with Gasteiger partial charge in [0.25, 0.3) is 5.91 Å². The normalized spacial score (nSPS) is 15.4. The Bertz CT molecular complexity index is 892. The molecule has 2 aromatic rings. The minimum Gasteiger partial charge on any atom is -0.484 e. The fraction of sp³-hybridized carbons (Fsp3) is 0.381. The van der Waals surface area contributed by atoms with Crippen molar-refractivity contribution in [2.75, 3.05) is 26.2 Å². The SMILES string of the molecule is Cc1cccc(S(=O)(=O)NCC2CCN(C(=O)COc3ccccc3)CC2)c1. The van der Waals surface area contributed by atoms with Crippen molar-refractivity contribution in [3.63, 3.8) is 0 Å². The Morgan fingerprint density at radius 2 is 1.82 bits per heavy atom. The van der Waals surface area contributed by atoms with E-state index in [1.54, 1.807) is 23.1 Å². The number of nitrogens with one attached hydrogen (secondary N) is 1. The van der Waals surface area contributed by atoms with Crippen LogP contribution in [0.2, 0.25) is 0 Å². The molecule has 0 bridgehead atoms. The van der Waals surface area contributed by atoms with E-state index in [1.807, 2.05) is 43.3 Å². The largest absolute Gasteiger partial charge is 0.484 e. The highest BCUT2D eigenvalue weighted by Gasteiger charge is 2.24. The van der Waals surface area contributed by atoms with Crippen molar-refractivity contribution in [1.29, 1.82) is 0 Å². The first-order valence-electron chi connectivity index (χ1n) is 9.46. The number of para-hydroxylation sites is 1. The molecule has 28 heavy (non-hydrogen) atoms. The van der Waals surface area contributed by atoms with Gasteiger partial charge in [0.1, 0.15) is 5.75 Å². The van der Waals surface area contributed by atoms with Gasteiger partial charge in [0, 0.05) is 19.6 Å². The number of aryl methyl sites for hydroxylation is 1. The Morgan fingerprint density at radius 1 is 1.11 bits per heavy atom. The molecule has 6 nitrogen and oxygen atoms in total. The third-order valence-electron chi connectivity index (χ3n) is 4.93. The average molecular weight is 403 g/mol. The molecule has 0 radical (unpaired) electrons. The lowest BCUT2D eigenvalue weighted by Crippen LogP contribution is -2.43. The van der Waals surface area contributed by atoms with E-state index in [9.17, 15) is 13.2 Å². The smallest absolute Gasteiger partial charge is 0.260 e. The number of carbonyl (C=O) groups excluding carboxylic acids is 1. The van der Waals surface area contributed by atoms with Gasteiger partial charge < -0.3 is 9.64 Å². The van der Waals surface area contributed by atoms with E-state index in [1.165, 1.54) is 0 Å². The standard InChI is InChI=1S/C21H26N2O4S/c1-17-6-5-9-20(14-17)28(25,26)22-15-18-10-12-23(13-11-18)21(24)16-27-19-7-3-2-4-8-19/h2-9,14,18,22H,10-13,15-16H2,1H3. The molecular formula is C21H26N2O4S. The zero-order chi connectivity index (χ0) is 20.0. The molecule has 1 aliphatic heterocycles. The van der Waals surface area contributed by atoms with Crippen molar-refractivity contribution in [1.82, 2.24) is 9.62 Å². The van der Waals surface area contributed by atoms with Crippen molar-refractivity contribution < 1.29 is 17.9 Å². The summed E-state index contributed by atoms with van der Waals surface area (Å²) in [6.45, 7) is 3.52. The van der Waals surface area contributed by atoms with Crippen LogP contribution in [0.4, 0.5) is 0 Å². The van der Waals surface area contributed by atoms with Gasteiger partial charge in [-0.2, -0.15) is 0 Å². The van der Waals surface area contributed by atoms with Gasteiger partial charge in [-0.3, -0.25) is 4.79 Å². The third-order valence-corrected chi connectivity index (χ3v) is 6.36. The topological polar surface area (TPSA) is 75.7 Å². The highest BCUT2D eigenvalue weighted by atomic mass is 32.2. The second-order valence-electron chi connectivity index (χ2n) is 7.09. The maximum atomic E-state index is 12.4.